The Labute approximate surface area is 110 Å². The average molecular weight is 263 g/mol. The van der Waals surface area contributed by atoms with Gasteiger partial charge < -0.3 is 4.74 Å². The fourth-order valence-corrected chi connectivity index (χ4v) is 2.61. The van der Waals surface area contributed by atoms with E-state index in [1.807, 2.05) is 0 Å². The summed E-state index contributed by atoms with van der Waals surface area (Å²) in [6.45, 7) is 1.08. The Morgan fingerprint density at radius 1 is 1.26 bits per heavy atom. The van der Waals surface area contributed by atoms with Gasteiger partial charge in [-0.05, 0) is 37.5 Å². The molecule has 19 heavy (non-hydrogen) atoms. The molecule has 0 spiro atoms. The van der Waals surface area contributed by atoms with Crippen molar-refractivity contribution in [3.63, 3.8) is 0 Å². The predicted molar refractivity (Wildman–Crippen MR) is 65.4 cm³/mol. The van der Waals surface area contributed by atoms with Crippen molar-refractivity contribution in [2.75, 3.05) is 13.2 Å². The SMILES string of the molecule is O=C1c2ccc(F)cc2C(=O)N1CCC1CCCO1. The molecule has 0 saturated carbocycles. The van der Waals surface area contributed by atoms with E-state index in [9.17, 15) is 14.0 Å². The number of rotatable bonds is 3. The van der Waals surface area contributed by atoms with E-state index in [0.717, 1.165) is 25.5 Å². The van der Waals surface area contributed by atoms with Crippen LogP contribution in [0.4, 0.5) is 4.39 Å². The van der Waals surface area contributed by atoms with Gasteiger partial charge in [0.2, 0.25) is 0 Å². The van der Waals surface area contributed by atoms with Crippen LogP contribution in [0.25, 0.3) is 0 Å². The van der Waals surface area contributed by atoms with Gasteiger partial charge in [0.25, 0.3) is 11.8 Å². The van der Waals surface area contributed by atoms with Gasteiger partial charge in [0.05, 0.1) is 17.2 Å². The van der Waals surface area contributed by atoms with Crippen LogP contribution in [-0.4, -0.2) is 36.0 Å². The second-order valence-corrected chi connectivity index (χ2v) is 4.88. The van der Waals surface area contributed by atoms with E-state index >= 15 is 0 Å². The number of hydrogen-bond donors (Lipinski definition) is 0. The molecular formula is C14H14FNO3. The number of ether oxygens (including phenoxy) is 1. The molecule has 0 radical (unpaired) electrons. The zero-order valence-electron chi connectivity index (χ0n) is 10.4. The number of carbonyl (C=O) groups is 2. The fourth-order valence-electron chi connectivity index (χ4n) is 2.61. The quantitative estimate of drug-likeness (QED) is 0.783. The average Bonchev–Trinajstić information content (AvgIpc) is 2.98. The minimum atomic E-state index is -0.499. The first-order chi connectivity index (χ1) is 9.16. The molecule has 2 aliphatic rings. The van der Waals surface area contributed by atoms with Crippen LogP contribution in [0.5, 0.6) is 0 Å². The van der Waals surface area contributed by atoms with Crippen molar-refractivity contribution in [1.29, 1.82) is 0 Å². The van der Waals surface area contributed by atoms with Crippen LogP contribution in [-0.2, 0) is 4.74 Å². The topological polar surface area (TPSA) is 46.6 Å². The summed E-state index contributed by atoms with van der Waals surface area (Å²) in [5.41, 5.74) is 0.455. The Hall–Kier alpha value is -1.75. The monoisotopic (exact) mass is 263 g/mol. The third-order valence-electron chi connectivity index (χ3n) is 3.63. The van der Waals surface area contributed by atoms with E-state index < -0.39 is 11.7 Å². The number of imide groups is 1. The van der Waals surface area contributed by atoms with Gasteiger partial charge in [0, 0.05) is 13.2 Å². The number of benzene rings is 1. The number of nitrogens with zero attached hydrogens (tertiary/aromatic N) is 1. The molecule has 100 valence electrons. The van der Waals surface area contributed by atoms with Gasteiger partial charge in [0.1, 0.15) is 5.82 Å². The summed E-state index contributed by atoms with van der Waals surface area (Å²) < 4.78 is 18.6. The van der Waals surface area contributed by atoms with Crippen LogP contribution < -0.4 is 0 Å². The van der Waals surface area contributed by atoms with Crippen LogP contribution in [0.2, 0.25) is 0 Å². The first kappa shape index (κ1) is 12.3. The van der Waals surface area contributed by atoms with Crippen LogP contribution in [0.15, 0.2) is 18.2 Å². The lowest BCUT2D eigenvalue weighted by Crippen LogP contribution is -2.32. The third kappa shape index (κ3) is 2.14. The van der Waals surface area contributed by atoms with E-state index in [0.29, 0.717) is 18.5 Å². The van der Waals surface area contributed by atoms with Crippen LogP contribution in [0.1, 0.15) is 40.0 Å². The number of carbonyl (C=O) groups excluding carboxylic acids is 2. The molecule has 0 aromatic heterocycles. The van der Waals surface area contributed by atoms with E-state index in [4.69, 9.17) is 4.74 Å². The summed E-state index contributed by atoms with van der Waals surface area (Å²) >= 11 is 0. The Morgan fingerprint density at radius 3 is 2.79 bits per heavy atom. The molecule has 2 amide bonds. The summed E-state index contributed by atoms with van der Waals surface area (Å²) in [7, 11) is 0. The van der Waals surface area contributed by atoms with Crippen molar-refractivity contribution < 1.29 is 18.7 Å². The summed E-state index contributed by atoms with van der Waals surface area (Å²) in [5, 5.41) is 0. The van der Waals surface area contributed by atoms with E-state index in [1.54, 1.807) is 0 Å². The highest BCUT2D eigenvalue weighted by Crippen LogP contribution is 2.25. The zero-order chi connectivity index (χ0) is 13.4. The lowest BCUT2D eigenvalue weighted by Gasteiger charge is -2.16. The molecular weight excluding hydrogens is 249 g/mol. The molecule has 2 aliphatic heterocycles. The first-order valence-electron chi connectivity index (χ1n) is 6.44. The lowest BCUT2D eigenvalue weighted by atomic mass is 10.1. The highest BCUT2D eigenvalue weighted by molar-refractivity contribution is 6.21. The smallest absolute Gasteiger partial charge is 0.261 e. The molecule has 0 N–H and O–H groups in total. The molecule has 1 aromatic carbocycles. The molecule has 5 heteroatoms. The molecule has 1 fully saturated rings. The minimum Gasteiger partial charge on any atom is -0.378 e. The summed E-state index contributed by atoms with van der Waals surface area (Å²) in [5.74, 6) is -1.24. The Morgan fingerprint density at radius 2 is 2.05 bits per heavy atom. The first-order valence-corrected chi connectivity index (χ1v) is 6.44. The maximum absolute atomic E-state index is 13.1. The van der Waals surface area contributed by atoms with Gasteiger partial charge in [-0.15, -0.1) is 0 Å². The van der Waals surface area contributed by atoms with Crippen LogP contribution in [0.3, 0.4) is 0 Å². The highest BCUT2D eigenvalue weighted by Gasteiger charge is 2.35. The van der Waals surface area contributed by atoms with Crippen molar-refractivity contribution in [1.82, 2.24) is 4.90 Å². The lowest BCUT2D eigenvalue weighted by molar-refractivity contribution is 0.0592. The van der Waals surface area contributed by atoms with Gasteiger partial charge in [0.15, 0.2) is 0 Å². The van der Waals surface area contributed by atoms with Crippen molar-refractivity contribution in [2.45, 2.75) is 25.4 Å². The van der Waals surface area contributed by atoms with Crippen molar-refractivity contribution >= 4 is 11.8 Å². The molecule has 0 bridgehead atoms. The molecule has 1 saturated heterocycles. The molecule has 4 nitrogen and oxygen atoms in total. The highest BCUT2D eigenvalue weighted by atomic mass is 19.1. The van der Waals surface area contributed by atoms with Crippen molar-refractivity contribution in [2.24, 2.45) is 0 Å². The number of fused-ring (bicyclic) bond motifs is 1. The molecule has 1 unspecified atom stereocenters. The Bertz CT molecular complexity index is 537. The standard InChI is InChI=1S/C14H14FNO3/c15-9-3-4-11-12(8-9)14(18)16(13(11)17)6-5-10-2-1-7-19-10/h3-4,8,10H,1-2,5-7H2. The van der Waals surface area contributed by atoms with Gasteiger partial charge in [-0.25, -0.2) is 4.39 Å². The van der Waals surface area contributed by atoms with E-state index in [-0.39, 0.29) is 17.6 Å². The second kappa shape index (κ2) is 4.74. The van der Waals surface area contributed by atoms with Gasteiger partial charge in [-0.3, -0.25) is 14.5 Å². The maximum Gasteiger partial charge on any atom is 0.261 e. The summed E-state index contributed by atoms with van der Waals surface area (Å²) in [6, 6.07) is 3.70. The van der Waals surface area contributed by atoms with Crippen molar-refractivity contribution in [3.05, 3.63) is 35.1 Å². The molecule has 1 aromatic rings. The van der Waals surface area contributed by atoms with Crippen LogP contribution in [0, 0.1) is 5.82 Å². The van der Waals surface area contributed by atoms with Gasteiger partial charge in [-0.2, -0.15) is 0 Å². The van der Waals surface area contributed by atoms with E-state index in [2.05, 4.69) is 0 Å². The Balaban J connectivity index is 1.74. The normalized spacial score (nSPS) is 22.2. The summed E-state index contributed by atoms with van der Waals surface area (Å²) in [6.07, 6.45) is 2.77. The fraction of sp³-hybridized carbons (Fsp3) is 0.429. The van der Waals surface area contributed by atoms with Gasteiger partial charge >= 0.3 is 0 Å². The second-order valence-electron chi connectivity index (χ2n) is 4.88. The molecule has 0 aliphatic carbocycles. The largest absolute Gasteiger partial charge is 0.378 e. The maximum atomic E-state index is 13.1. The van der Waals surface area contributed by atoms with Crippen molar-refractivity contribution in [3.8, 4) is 0 Å². The Kier molecular flexibility index (Phi) is 3.06. The molecule has 1 atom stereocenters. The number of halogens is 1. The zero-order valence-corrected chi connectivity index (χ0v) is 10.4. The number of amides is 2. The third-order valence-corrected chi connectivity index (χ3v) is 3.63. The predicted octanol–water partition coefficient (Wildman–Crippen LogP) is 1.99. The van der Waals surface area contributed by atoms with Crippen LogP contribution >= 0.6 is 0 Å². The van der Waals surface area contributed by atoms with Gasteiger partial charge in [-0.1, -0.05) is 0 Å². The van der Waals surface area contributed by atoms with E-state index in [1.165, 1.54) is 17.0 Å². The number of hydrogen-bond acceptors (Lipinski definition) is 3. The summed E-state index contributed by atoms with van der Waals surface area (Å²) in [4.78, 5) is 25.3. The molecule has 2 heterocycles. The minimum absolute atomic E-state index is 0.126. The molecule has 3 rings (SSSR count).